The normalized spacial score (nSPS) is 19.4. The van der Waals surface area contributed by atoms with Gasteiger partial charge in [-0.05, 0) is 19.4 Å². The van der Waals surface area contributed by atoms with Crippen LogP contribution >= 0.6 is 11.8 Å². The van der Waals surface area contributed by atoms with E-state index in [0.29, 0.717) is 0 Å². The van der Waals surface area contributed by atoms with Crippen molar-refractivity contribution in [3.05, 3.63) is 30.5 Å². The van der Waals surface area contributed by atoms with E-state index in [1.807, 2.05) is 26.2 Å². The van der Waals surface area contributed by atoms with E-state index in [2.05, 4.69) is 5.10 Å². The molecule has 19 heavy (non-hydrogen) atoms. The summed E-state index contributed by atoms with van der Waals surface area (Å²) in [6, 6.07) is 1.92. The van der Waals surface area contributed by atoms with Gasteiger partial charge in [-0.3, -0.25) is 9.48 Å². The first-order valence-electron chi connectivity index (χ1n) is 6.16. The molecule has 0 N–H and O–H groups in total. The molecule has 0 aromatic carbocycles. The number of amides is 1. The highest BCUT2D eigenvalue weighted by Gasteiger charge is 2.34. The van der Waals surface area contributed by atoms with Gasteiger partial charge in [0, 0.05) is 24.7 Å². The second-order valence-electron chi connectivity index (χ2n) is 4.60. The highest BCUT2D eigenvalue weighted by Crippen LogP contribution is 2.34. The lowest BCUT2D eigenvalue weighted by Crippen LogP contribution is -2.27. The van der Waals surface area contributed by atoms with Crippen molar-refractivity contribution in [3.63, 3.8) is 0 Å². The van der Waals surface area contributed by atoms with E-state index >= 15 is 0 Å². The van der Waals surface area contributed by atoms with Crippen LogP contribution in [0.3, 0.4) is 0 Å². The highest BCUT2D eigenvalue weighted by atomic mass is 32.2. The summed E-state index contributed by atoms with van der Waals surface area (Å²) in [7, 11) is 1.85. The number of carbonyl (C=O) groups excluding carboxylic acids is 1. The van der Waals surface area contributed by atoms with Crippen molar-refractivity contribution < 1.29 is 9.21 Å². The van der Waals surface area contributed by atoms with Gasteiger partial charge < -0.3 is 9.32 Å². The maximum absolute atomic E-state index is 12.4. The number of anilines is 1. The number of thioether (sulfide) groups is 1. The zero-order valence-corrected chi connectivity index (χ0v) is 11.7. The maximum Gasteiger partial charge on any atom is 0.240 e. The molecule has 6 heteroatoms. The van der Waals surface area contributed by atoms with E-state index < -0.39 is 0 Å². The number of hydrogen-bond donors (Lipinski definition) is 0. The SMILES string of the molecule is Cc1occc1S[C@H]1CCN(c2cnn(C)c2)C1=O. The molecule has 1 saturated heterocycles. The molecule has 0 bridgehead atoms. The average molecular weight is 277 g/mol. The third-order valence-corrected chi connectivity index (χ3v) is 4.64. The second-order valence-corrected chi connectivity index (χ2v) is 5.84. The number of carbonyl (C=O) groups is 1. The number of rotatable bonds is 3. The van der Waals surface area contributed by atoms with Crippen LogP contribution < -0.4 is 4.90 Å². The van der Waals surface area contributed by atoms with Gasteiger partial charge in [0.25, 0.3) is 0 Å². The van der Waals surface area contributed by atoms with Crippen molar-refractivity contribution in [1.82, 2.24) is 9.78 Å². The molecule has 2 aromatic heterocycles. The number of nitrogens with zero attached hydrogens (tertiary/aromatic N) is 3. The molecular formula is C13H15N3O2S. The van der Waals surface area contributed by atoms with Crippen molar-refractivity contribution in [1.29, 1.82) is 0 Å². The molecule has 0 spiro atoms. The van der Waals surface area contributed by atoms with Crippen molar-refractivity contribution in [2.75, 3.05) is 11.4 Å². The molecule has 1 atom stereocenters. The minimum atomic E-state index is -0.0310. The van der Waals surface area contributed by atoms with E-state index in [1.165, 1.54) is 0 Å². The molecule has 1 fully saturated rings. The lowest BCUT2D eigenvalue weighted by molar-refractivity contribution is -0.116. The minimum Gasteiger partial charge on any atom is -0.468 e. The Morgan fingerprint density at radius 2 is 2.37 bits per heavy atom. The first-order chi connectivity index (χ1) is 9.15. The third kappa shape index (κ3) is 2.28. The van der Waals surface area contributed by atoms with Crippen LogP contribution in [0.1, 0.15) is 12.2 Å². The molecular weight excluding hydrogens is 262 g/mol. The van der Waals surface area contributed by atoms with Crippen LogP contribution in [0.2, 0.25) is 0 Å². The summed E-state index contributed by atoms with van der Waals surface area (Å²) in [6.07, 6.45) is 6.11. The van der Waals surface area contributed by atoms with Gasteiger partial charge >= 0.3 is 0 Å². The Balaban J connectivity index is 1.74. The Hall–Kier alpha value is -1.69. The van der Waals surface area contributed by atoms with Crippen LogP contribution in [0.15, 0.2) is 34.0 Å². The summed E-state index contributed by atoms with van der Waals surface area (Å²) >= 11 is 1.59. The van der Waals surface area contributed by atoms with Crippen molar-refractivity contribution in [3.8, 4) is 0 Å². The van der Waals surface area contributed by atoms with Gasteiger partial charge in [-0.1, -0.05) is 0 Å². The fourth-order valence-corrected chi connectivity index (χ4v) is 3.32. The molecule has 0 radical (unpaired) electrons. The molecule has 2 aromatic rings. The van der Waals surface area contributed by atoms with Gasteiger partial charge in [-0.2, -0.15) is 5.10 Å². The Morgan fingerprint density at radius 3 is 3.00 bits per heavy atom. The van der Waals surface area contributed by atoms with Crippen LogP contribution in [0.25, 0.3) is 0 Å². The summed E-state index contributed by atoms with van der Waals surface area (Å²) < 4.78 is 6.98. The zero-order valence-electron chi connectivity index (χ0n) is 10.9. The summed E-state index contributed by atoms with van der Waals surface area (Å²) in [5, 5.41) is 4.08. The van der Waals surface area contributed by atoms with Crippen LogP contribution in [0, 0.1) is 6.92 Å². The lowest BCUT2D eigenvalue weighted by atomic mass is 10.4. The summed E-state index contributed by atoms with van der Waals surface area (Å²) in [6.45, 7) is 2.67. The third-order valence-electron chi connectivity index (χ3n) is 3.24. The quantitative estimate of drug-likeness (QED) is 0.863. The van der Waals surface area contributed by atoms with E-state index in [9.17, 15) is 4.79 Å². The van der Waals surface area contributed by atoms with Gasteiger partial charge in [0.2, 0.25) is 5.91 Å². The Morgan fingerprint density at radius 1 is 1.53 bits per heavy atom. The Labute approximate surface area is 115 Å². The predicted octanol–water partition coefficient (Wildman–Crippen LogP) is 2.22. The Kier molecular flexibility index (Phi) is 3.10. The number of aryl methyl sites for hydroxylation is 2. The topological polar surface area (TPSA) is 51.3 Å². The molecule has 1 aliphatic heterocycles. The standard InChI is InChI=1S/C13H15N3O2S/c1-9-11(4-6-18-9)19-12-3-5-16(13(12)17)10-7-14-15(2)8-10/h4,6-8,12H,3,5H2,1-2H3/t12-/m0/s1. The highest BCUT2D eigenvalue weighted by molar-refractivity contribution is 8.00. The van der Waals surface area contributed by atoms with Crippen molar-refractivity contribution >= 4 is 23.4 Å². The van der Waals surface area contributed by atoms with Gasteiger partial charge in [-0.15, -0.1) is 11.8 Å². The van der Waals surface area contributed by atoms with Crippen molar-refractivity contribution in [2.45, 2.75) is 23.5 Å². The van der Waals surface area contributed by atoms with Crippen LogP contribution in [0.5, 0.6) is 0 Å². The van der Waals surface area contributed by atoms with Gasteiger partial charge in [0.05, 0.1) is 23.4 Å². The van der Waals surface area contributed by atoms with E-state index in [1.54, 1.807) is 33.8 Å². The smallest absolute Gasteiger partial charge is 0.240 e. The fraction of sp³-hybridized carbons (Fsp3) is 0.385. The fourth-order valence-electron chi connectivity index (χ4n) is 2.22. The van der Waals surface area contributed by atoms with Crippen LogP contribution in [-0.2, 0) is 11.8 Å². The second kappa shape index (κ2) is 4.77. The molecule has 0 aliphatic carbocycles. The number of hydrogen-bond acceptors (Lipinski definition) is 4. The number of aromatic nitrogens is 2. The molecule has 100 valence electrons. The van der Waals surface area contributed by atoms with Crippen molar-refractivity contribution in [2.24, 2.45) is 7.05 Å². The predicted molar refractivity (Wildman–Crippen MR) is 73.3 cm³/mol. The van der Waals surface area contributed by atoms with Gasteiger partial charge in [-0.25, -0.2) is 0 Å². The number of furan rings is 1. The van der Waals surface area contributed by atoms with Gasteiger partial charge in [0.1, 0.15) is 5.76 Å². The summed E-state index contributed by atoms with van der Waals surface area (Å²) in [5.41, 5.74) is 0.875. The maximum atomic E-state index is 12.4. The molecule has 5 nitrogen and oxygen atoms in total. The molecule has 0 saturated carbocycles. The lowest BCUT2D eigenvalue weighted by Gasteiger charge is -2.13. The average Bonchev–Trinajstić information content (AvgIpc) is 3.05. The van der Waals surface area contributed by atoms with Crippen LogP contribution in [0.4, 0.5) is 5.69 Å². The molecule has 1 amide bonds. The molecule has 0 unspecified atom stereocenters. The van der Waals surface area contributed by atoms with E-state index in [0.717, 1.165) is 29.3 Å². The minimum absolute atomic E-state index is 0.0310. The molecule has 1 aliphatic rings. The van der Waals surface area contributed by atoms with Gasteiger partial charge in [0.15, 0.2) is 0 Å². The van der Waals surface area contributed by atoms with E-state index in [4.69, 9.17) is 4.42 Å². The molecule has 3 heterocycles. The zero-order chi connectivity index (χ0) is 13.4. The summed E-state index contributed by atoms with van der Waals surface area (Å²) in [5.74, 6) is 1.02. The van der Waals surface area contributed by atoms with E-state index in [-0.39, 0.29) is 11.2 Å². The Bertz CT molecular complexity index is 605. The summed E-state index contributed by atoms with van der Waals surface area (Å²) in [4.78, 5) is 15.2. The van der Waals surface area contributed by atoms with Crippen LogP contribution in [-0.4, -0.2) is 27.5 Å². The largest absolute Gasteiger partial charge is 0.468 e. The monoisotopic (exact) mass is 277 g/mol. The first-order valence-corrected chi connectivity index (χ1v) is 7.04. The molecule has 3 rings (SSSR count). The first kappa shape index (κ1) is 12.3.